The van der Waals surface area contributed by atoms with Crippen molar-refractivity contribution in [2.45, 2.75) is 63.1 Å². The van der Waals surface area contributed by atoms with E-state index in [0.717, 1.165) is 36.9 Å². The van der Waals surface area contributed by atoms with Crippen LogP contribution in [-0.2, 0) is 16.0 Å². The maximum absolute atomic E-state index is 12.6. The van der Waals surface area contributed by atoms with Gasteiger partial charge in [-0.2, -0.15) is 0 Å². The van der Waals surface area contributed by atoms with Crippen LogP contribution in [-0.4, -0.2) is 42.0 Å². The standard InChI is InChI=1S/C25H31NO5/c1-30-24-11-8-18(14-23(24)28)22-16-21(15-19-4-2-3-13-26(19)22)31-25(29)12-7-17-5-9-20(27)10-6-17/h5-6,8-11,14,19,21-22,27-28H,2-4,7,12-13,15-16H2,1H3/p+1/t19-,21-,22+/m1/s1. The molecule has 0 radical (unpaired) electrons. The molecule has 2 heterocycles. The lowest BCUT2D eigenvalue weighted by Gasteiger charge is -2.44. The number of quaternary nitrogens is 1. The van der Waals surface area contributed by atoms with Crippen molar-refractivity contribution >= 4 is 5.97 Å². The first-order valence-corrected chi connectivity index (χ1v) is 11.2. The molecular formula is C25H32NO5+. The van der Waals surface area contributed by atoms with Crippen LogP contribution in [0.2, 0.25) is 0 Å². The molecule has 0 amide bonds. The number of rotatable bonds is 6. The summed E-state index contributed by atoms with van der Waals surface area (Å²) < 4.78 is 11.1. The number of phenols is 2. The molecule has 166 valence electrons. The lowest BCUT2D eigenvalue weighted by atomic mass is 9.84. The number of aryl methyl sites for hydroxylation is 1. The van der Waals surface area contributed by atoms with E-state index in [9.17, 15) is 15.0 Å². The van der Waals surface area contributed by atoms with Crippen LogP contribution >= 0.6 is 0 Å². The highest BCUT2D eigenvalue weighted by molar-refractivity contribution is 5.70. The van der Waals surface area contributed by atoms with E-state index < -0.39 is 0 Å². The topological polar surface area (TPSA) is 80.4 Å². The molecule has 2 aromatic rings. The lowest BCUT2D eigenvalue weighted by Crippen LogP contribution is -3.18. The first-order chi connectivity index (χ1) is 15.0. The number of carbonyl (C=O) groups excluding carboxylic acids is 1. The van der Waals surface area contributed by atoms with Crippen molar-refractivity contribution in [2.24, 2.45) is 0 Å². The third-order valence-electron chi connectivity index (χ3n) is 6.74. The molecule has 31 heavy (non-hydrogen) atoms. The molecule has 2 fully saturated rings. The van der Waals surface area contributed by atoms with Gasteiger partial charge in [0.1, 0.15) is 17.9 Å². The number of aromatic hydroxyl groups is 2. The van der Waals surface area contributed by atoms with Gasteiger partial charge in [-0.1, -0.05) is 12.1 Å². The quantitative estimate of drug-likeness (QED) is 0.619. The molecule has 6 nitrogen and oxygen atoms in total. The molecule has 4 atom stereocenters. The number of hydrogen-bond acceptors (Lipinski definition) is 5. The number of piperidine rings is 2. The minimum absolute atomic E-state index is 0.103. The van der Waals surface area contributed by atoms with E-state index >= 15 is 0 Å². The number of methoxy groups -OCH3 is 1. The first kappa shape index (κ1) is 21.5. The average molecular weight is 427 g/mol. The van der Waals surface area contributed by atoms with E-state index in [-0.39, 0.29) is 29.6 Å². The van der Waals surface area contributed by atoms with Crippen LogP contribution in [0.3, 0.4) is 0 Å². The van der Waals surface area contributed by atoms with Crippen LogP contribution < -0.4 is 9.64 Å². The molecule has 2 aliphatic heterocycles. The molecule has 2 aliphatic rings. The molecule has 0 saturated carbocycles. The maximum Gasteiger partial charge on any atom is 0.306 e. The van der Waals surface area contributed by atoms with E-state index in [4.69, 9.17) is 9.47 Å². The fourth-order valence-electron chi connectivity index (χ4n) is 5.19. The van der Waals surface area contributed by atoms with Gasteiger partial charge in [-0.15, -0.1) is 0 Å². The third kappa shape index (κ3) is 5.13. The zero-order chi connectivity index (χ0) is 21.8. The Labute approximate surface area is 183 Å². The highest BCUT2D eigenvalue weighted by atomic mass is 16.5. The predicted octanol–water partition coefficient (Wildman–Crippen LogP) is 2.92. The van der Waals surface area contributed by atoms with Gasteiger partial charge in [-0.05, 0) is 61.6 Å². The van der Waals surface area contributed by atoms with Crippen molar-refractivity contribution in [1.82, 2.24) is 0 Å². The van der Waals surface area contributed by atoms with Crippen molar-refractivity contribution in [3.05, 3.63) is 53.6 Å². The molecular weight excluding hydrogens is 394 g/mol. The predicted molar refractivity (Wildman–Crippen MR) is 116 cm³/mol. The Hall–Kier alpha value is -2.73. The molecule has 3 N–H and O–H groups in total. The minimum atomic E-state index is -0.173. The summed E-state index contributed by atoms with van der Waals surface area (Å²) in [5.74, 6) is 0.681. The van der Waals surface area contributed by atoms with E-state index in [2.05, 4.69) is 0 Å². The van der Waals surface area contributed by atoms with Gasteiger partial charge >= 0.3 is 5.97 Å². The number of ether oxygens (including phenoxy) is 2. The molecule has 2 aromatic carbocycles. The molecule has 0 spiro atoms. The fraction of sp³-hybridized carbons (Fsp3) is 0.480. The first-order valence-electron chi connectivity index (χ1n) is 11.2. The zero-order valence-corrected chi connectivity index (χ0v) is 18.0. The number of hydrogen-bond donors (Lipinski definition) is 3. The molecule has 0 aliphatic carbocycles. The van der Waals surface area contributed by atoms with Gasteiger partial charge in [-0.25, -0.2) is 0 Å². The van der Waals surface area contributed by atoms with Gasteiger partial charge in [-0.3, -0.25) is 4.79 Å². The van der Waals surface area contributed by atoms with Gasteiger partial charge in [0.15, 0.2) is 11.5 Å². The summed E-state index contributed by atoms with van der Waals surface area (Å²) >= 11 is 0. The fourth-order valence-corrected chi connectivity index (χ4v) is 5.19. The Kier molecular flexibility index (Phi) is 6.66. The number of nitrogens with one attached hydrogen (secondary N) is 1. The second kappa shape index (κ2) is 9.60. The smallest absolute Gasteiger partial charge is 0.306 e. The van der Waals surface area contributed by atoms with E-state index in [0.29, 0.717) is 24.6 Å². The Morgan fingerprint density at radius 2 is 1.90 bits per heavy atom. The molecule has 6 heteroatoms. The SMILES string of the molecule is COc1ccc([C@@H]2C[C@H](OC(=O)CCc3ccc(O)cc3)C[C@H]3CCCC[NH+]32)cc1O. The second-order valence-electron chi connectivity index (χ2n) is 8.75. The van der Waals surface area contributed by atoms with Gasteiger partial charge in [0.05, 0.1) is 19.7 Å². The summed E-state index contributed by atoms with van der Waals surface area (Å²) in [5, 5.41) is 19.7. The molecule has 4 rings (SSSR count). The molecule has 2 saturated heterocycles. The van der Waals surface area contributed by atoms with Crippen LogP contribution in [0.4, 0.5) is 0 Å². The Balaban J connectivity index is 1.42. The minimum Gasteiger partial charge on any atom is -0.508 e. The van der Waals surface area contributed by atoms with Crippen molar-refractivity contribution in [3.8, 4) is 17.2 Å². The van der Waals surface area contributed by atoms with Gasteiger partial charge in [0.2, 0.25) is 0 Å². The summed E-state index contributed by atoms with van der Waals surface area (Å²) in [4.78, 5) is 14.1. The monoisotopic (exact) mass is 426 g/mol. The molecule has 0 bridgehead atoms. The number of benzene rings is 2. The Morgan fingerprint density at radius 3 is 2.65 bits per heavy atom. The van der Waals surface area contributed by atoms with Crippen molar-refractivity contribution < 1.29 is 29.4 Å². The van der Waals surface area contributed by atoms with E-state index in [1.807, 2.05) is 24.3 Å². The Morgan fingerprint density at radius 1 is 1.10 bits per heavy atom. The average Bonchev–Trinajstić information content (AvgIpc) is 2.78. The highest BCUT2D eigenvalue weighted by Gasteiger charge is 2.42. The summed E-state index contributed by atoms with van der Waals surface area (Å²) in [6.45, 7) is 1.11. The number of carbonyl (C=O) groups is 1. The van der Waals surface area contributed by atoms with Crippen LogP contribution in [0.5, 0.6) is 17.2 Å². The zero-order valence-electron chi connectivity index (χ0n) is 18.0. The number of fused-ring (bicyclic) bond motifs is 1. The van der Waals surface area contributed by atoms with Crippen molar-refractivity contribution in [3.63, 3.8) is 0 Å². The maximum atomic E-state index is 12.6. The van der Waals surface area contributed by atoms with Crippen molar-refractivity contribution in [2.75, 3.05) is 13.7 Å². The molecule has 1 unspecified atom stereocenters. The van der Waals surface area contributed by atoms with Crippen LogP contribution in [0, 0.1) is 0 Å². The summed E-state index contributed by atoms with van der Waals surface area (Å²) in [7, 11) is 1.55. The highest BCUT2D eigenvalue weighted by Crippen LogP contribution is 2.33. The summed E-state index contributed by atoms with van der Waals surface area (Å²) in [6.07, 6.45) is 6.07. The lowest BCUT2D eigenvalue weighted by molar-refractivity contribution is -0.967. The third-order valence-corrected chi connectivity index (χ3v) is 6.74. The van der Waals surface area contributed by atoms with Crippen molar-refractivity contribution in [1.29, 1.82) is 0 Å². The van der Waals surface area contributed by atoms with Gasteiger partial charge < -0.3 is 24.6 Å². The number of phenolic OH excluding ortho intramolecular Hbond substituents is 2. The van der Waals surface area contributed by atoms with Crippen LogP contribution in [0.15, 0.2) is 42.5 Å². The van der Waals surface area contributed by atoms with E-state index in [1.165, 1.54) is 12.8 Å². The molecule has 0 aromatic heterocycles. The summed E-state index contributed by atoms with van der Waals surface area (Å²) in [6, 6.07) is 13.3. The van der Waals surface area contributed by atoms with Gasteiger partial charge in [0, 0.05) is 24.8 Å². The Bertz CT molecular complexity index is 897. The van der Waals surface area contributed by atoms with Crippen LogP contribution in [0.1, 0.15) is 55.7 Å². The number of esters is 1. The summed E-state index contributed by atoms with van der Waals surface area (Å²) in [5.41, 5.74) is 2.08. The van der Waals surface area contributed by atoms with Gasteiger partial charge in [0.25, 0.3) is 0 Å². The van der Waals surface area contributed by atoms with Crippen LogP contribution in [0.25, 0.3) is 0 Å². The second-order valence-corrected chi connectivity index (χ2v) is 8.75. The normalized spacial score (nSPS) is 25.5. The largest absolute Gasteiger partial charge is 0.508 e. The van der Waals surface area contributed by atoms with E-state index in [1.54, 1.807) is 30.2 Å².